The Morgan fingerprint density at radius 2 is 2.31 bits per heavy atom. The number of nitrogens with zero attached hydrogens (tertiary/aromatic N) is 3. The van der Waals surface area contributed by atoms with E-state index in [1.54, 1.807) is 4.90 Å². The first kappa shape index (κ1) is 13.1. The Labute approximate surface area is 99.4 Å². The summed E-state index contributed by atoms with van der Waals surface area (Å²) in [6, 6.07) is 0. The number of amides is 1. The number of aliphatic hydroxyl groups excluding tert-OH is 1. The molecule has 1 heterocycles. The second-order valence-corrected chi connectivity index (χ2v) is 4.07. The smallest absolute Gasteiger partial charge is 0.275 e. The highest BCUT2D eigenvalue weighted by molar-refractivity contribution is 6.99. The fourth-order valence-corrected chi connectivity index (χ4v) is 1.82. The average molecular weight is 243 g/mol. The summed E-state index contributed by atoms with van der Waals surface area (Å²) in [4.78, 5) is 13.5. The molecule has 5 nitrogen and oxygen atoms in total. The molecule has 16 heavy (non-hydrogen) atoms. The van der Waals surface area contributed by atoms with Gasteiger partial charge in [-0.25, -0.2) is 0 Å². The van der Waals surface area contributed by atoms with Crippen molar-refractivity contribution in [3.8, 4) is 0 Å². The van der Waals surface area contributed by atoms with Crippen LogP contribution in [0.4, 0.5) is 0 Å². The summed E-state index contributed by atoms with van der Waals surface area (Å²) in [5.41, 5.74) is 0.370. The van der Waals surface area contributed by atoms with Crippen LogP contribution in [0.25, 0.3) is 0 Å². The quantitative estimate of drug-likeness (QED) is 0.730. The van der Waals surface area contributed by atoms with E-state index in [1.165, 1.54) is 6.20 Å². The van der Waals surface area contributed by atoms with Crippen LogP contribution in [0.5, 0.6) is 0 Å². The molecule has 0 aliphatic carbocycles. The van der Waals surface area contributed by atoms with Gasteiger partial charge in [-0.05, 0) is 6.42 Å². The van der Waals surface area contributed by atoms with E-state index in [0.717, 1.165) is 31.0 Å². The number of unbranched alkanes of at least 4 members (excludes halogenated alkanes) is 2. The first-order valence-corrected chi connectivity index (χ1v) is 6.20. The van der Waals surface area contributed by atoms with Gasteiger partial charge in [-0.1, -0.05) is 19.8 Å². The van der Waals surface area contributed by atoms with Crippen molar-refractivity contribution < 1.29 is 9.90 Å². The van der Waals surface area contributed by atoms with E-state index < -0.39 is 0 Å². The van der Waals surface area contributed by atoms with E-state index in [1.807, 2.05) is 0 Å². The van der Waals surface area contributed by atoms with E-state index >= 15 is 0 Å². The lowest BCUT2D eigenvalue weighted by atomic mass is 10.2. The molecular weight excluding hydrogens is 226 g/mol. The summed E-state index contributed by atoms with van der Waals surface area (Å²) in [5, 5.41) is 8.91. The van der Waals surface area contributed by atoms with Crippen LogP contribution in [0, 0.1) is 0 Å². The number of aliphatic hydroxyl groups is 1. The van der Waals surface area contributed by atoms with E-state index in [9.17, 15) is 4.79 Å². The zero-order chi connectivity index (χ0) is 11.8. The molecule has 0 saturated heterocycles. The van der Waals surface area contributed by atoms with Crippen LogP contribution in [0.2, 0.25) is 0 Å². The number of carbonyl (C=O) groups is 1. The van der Waals surface area contributed by atoms with Gasteiger partial charge in [0.25, 0.3) is 5.91 Å². The first-order valence-electron chi connectivity index (χ1n) is 5.47. The third kappa shape index (κ3) is 3.86. The molecule has 0 saturated carbocycles. The molecule has 0 aliphatic rings. The Balaban J connectivity index is 2.52. The summed E-state index contributed by atoms with van der Waals surface area (Å²) in [5.74, 6) is -0.140. The second kappa shape index (κ2) is 7.29. The number of hydrogen-bond acceptors (Lipinski definition) is 5. The van der Waals surface area contributed by atoms with Crippen molar-refractivity contribution in [1.29, 1.82) is 0 Å². The third-order valence-electron chi connectivity index (χ3n) is 2.27. The van der Waals surface area contributed by atoms with Crippen molar-refractivity contribution in [3.63, 3.8) is 0 Å². The predicted molar refractivity (Wildman–Crippen MR) is 62.4 cm³/mol. The maximum Gasteiger partial charge on any atom is 0.275 e. The molecular formula is C10H17N3O2S. The van der Waals surface area contributed by atoms with Gasteiger partial charge < -0.3 is 10.0 Å². The van der Waals surface area contributed by atoms with E-state index in [0.29, 0.717) is 18.8 Å². The second-order valence-electron chi connectivity index (χ2n) is 3.52. The Morgan fingerprint density at radius 3 is 2.88 bits per heavy atom. The number of aromatic nitrogens is 2. The standard InChI is InChI=1S/C10H17N3O2S/c1-2-3-4-5-13(6-7-14)10(15)9-8-11-16-12-9/h8,14H,2-7H2,1H3. The first-order chi connectivity index (χ1) is 7.79. The van der Waals surface area contributed by atoms with Gasteiger partial charge in [0.05, 0.1) is 24.5 Å². The monoisotopic (exact) mass is 243 g/mol. The van der Waals surface area contributed by atoms with Gasteiger partial charge in [-0.15, -0.1) is 0 Å². The van der Waals surface area contributed by atoms with E-state index in [2.05, 4.69) is 15.7 Å². The van der Waals surface area contributed by atoms with Crippen molar-refractivity contribution >= 4 is 17.6 Å². The fourth-order valence-electron chi connectivity index (χ4n) is 1.41. The minimum absolute atomic E-state index is 0.0184. The minimum Gasteiger partial charge on any atom is -0.395 e. The summed E-state index contributed by atoms with van der Waals surface area (Å²) >= 11 is 1.02. The van der Waals surface area contributed by atoms with Crippen LogP contribution < -0.4 is 0 Å². The van der Waals surface area contributed by atoms with Crippen molar-refractivity contribution in [2.45, 2.75) is 26.2 Å². The Kier molecular flexibility index (Phi) is 5.95. The van der Waals surface area contributed by atoms with Crippen LogP contribution in [-0.2, 0) is 0 Å². The van der Waals surface area contributed by atoms with Gasteiger partial charge in [-0.2, -0.15) is 8.75 Å². The highest BCUT2D eigenvalue weighted by atomic mass is 32.1. The maximum atomic E-state index is 11.9. The average Bonchev–Trinajstić information content (AvgIpc) is 2.81. The van der Waals surface area contributed by atoms with Crippen LogP contribution in [0.1, 0.15) is 36.7 Å². The summed E-state index contributed by atoms with van der Waals surface area (Å²) in [6.45, 7) is 3.13. The molecule has 0 bridgehead atoms. The molecule has 1 rings (SSSR count). The molecule has 90 valence electrons. The molecule has 0 aromatic carbocycles. The molecule has 1 amide bonds. The Hall–Kier alpha value is -1.01. The number of carbonyl (C=O) groups excluding carboxylic acids is 1. The highest BCUT2D eigenvalue weighted by Gasteiger charge is 2.16. The van der Waals surface area contributed by atoms with E-state index in [-0.39, 0.29) is 12.5 Å². The zero-order valence-corrected chi connectivity index (χ0v) is 10.2. The highest BCUT2D eigenvalue weighted by Crippen LogP contribution is 2.05. The van der Waals surface area contributed by atoms with Gasteiger partial charge in [0, 0.05) is 13.1 Å². The van der Waals surface area contributed by atoms with Crippen molar-refractivity contribution in [1.82, 2.24) is 13.6 Å². The lowest BCUT2D eigenvalue weighted by Crippen LogP contribution is -2.34. The zero-order valence-electron chi connectivity index (χ0n) is 9.43. The van der Waals surface area contributed by atoms with Crippen LogP contribution in [0.15, 0.2) is 6.20 Å². The van der Waals surface area contributed by atoms with Gasteiger partial charge in [-0.3, -0.25) is 4.79 Å². The molecule has 0 atom stereocenters. The van der Waals surface area contributed by atoms with Crippen molar-refractivity contribution in [2.24, 2.45) is 0 Å². The van der Waals surface area contributed by atoms with Gasteiger partial charge in [0.2, 0.25) is 0 Å². The molecule has 0 fully saturated rings. The third-order valence-corrected chi connectivity index (χ3v) is 2.75. The Bertz CT molecular complexity index is 303. The molecule has 1 aromatic rings. The molecule has 0 radical (unpaired) electrons. The summed E-state index contributed by atoms with van der Waals surface area (Å²) in [7, 11) is 0. The molecule has 1 N–H and O–H groups in total. The largest absolute Gasteiger partial charge is 0.395 e. The topological polar surface area (TPSA) is 66.3 Å². The van der Waals surface area contributed by atoms with Crippen molar-refractivity contribution in [3.05, 3.63) is 11.9 Å². The number of rotatable bonds is 7. The minimum atomic E-state index is -0.140. The maximum absolute atomic E-state index is 11.9. The predicted octanol–water partition coefficient (Wildman–Crippen LogP) is 1.16. The molecule has 1 aromatic heterocycles. The molecule has 6 heteroatoms. The molecule has 0 aliphatic heterocycles. The normalized spacial score (nSPS) is 10.4. The molecule has 0 spiro atoms. The lowest BCUT2D eigenvalue weighted by Gasteiger charge is -2.20. The van der Waals surface area contributed by atoms with Gasteiger partial charge in [0.15, 0.2) is 5.69 Å². The Morgan fingerprint density at radius 1 is 1.50 bits per heavy atom. The fraction of sp³-hybridized carbons (Fsp3) is 0.700. The van der Waals surface area contributed by atoms with E-state index in [4.69, 9.17) is 5.11 Å². The van der Waals surface area contributed by atoms with Gasteiger partial charge in [0.1, 0.15) is 0 Å². The van der Waals surface area contributed by atoms with Crippen LogP contribution >= 0.6 is 11.7 Å². The lowest BCUT2D eigenvalue weighted by molar-refractivity contribution is 0.0714. The number of hydrogen-bond donors (Lipinski definition) is 1. The summed E-state index contributed by atoms with van der Waals surface area (Å²) < 4.78 is 7.71. The van der Waals surface area contributed by atoms with Crippen LogP contribution in [-0.4, -0.2) is 44.4 Å². The van der Waals surface area contributed by atoms with Gasteiger partial charge >= 0.3 is 0 Å². The van der Waals surface area contributed by atoms with Crippen molar-refractivity contribution in [2.75, 3.05) is 19.7 Å². The summed E-state index contributed by atoms with van der Waals surface area (Å²) in [6.07, 6.45) is 4.63. The van der Waals surface area contributed by atoms with Crippen LogP contribution in [0.3, 0.4) is 0 Å². The molecule has 0 unspecified atom stereocenters. The SMILES string of the molecule is CCCCCN(CCO)C(=O)c1cnsn1.